The Hall–Kier alpha value is -3.35. The highest BCUT2D eigenvalue weighted by Gasteiger charge is 2.51. The Kier molecular flexibility index (Phi) is 6.95. The molecule has 1 aromatic carbocycles. The second kappa shape index (κ2) is 9.64. The average Bonchev–Trinajstić information content (AvgIpc) is 3.56. The first-order chi connectivity index (χ1) is 15.1. The fourth-order valence-corrected chi connectivity index (χ4v) is 4.04. The van der Waals surface area contributed by atoms with Crippen LogP contribution in [-0.2, 0) is 0 Å². The third-order valence-electron chi connectivity index (χ3n) is 5.72. The molecule has 1 aromatic heterocycles. The summed E-state index contributed by atoms with van der Waals surface area (Å²) in [5, 5.41) is 18.5. The summed E-state index contributed by atoms with van der Waals surface area (Å²) in [7, 11) is 1.77. The van der Waals surface area contributed by atoms with Crippen molar-refractivity contribution in [1.29, 1.82) is 0 Å². The lowest BCUT2D eigenvalue weighted by atomic mass is 10.1. The number of rotatable bonds is 5. The molecule has 1 aliphatic heterocycles. The molecule has 0 amide bonds. The molecule has 0 unspecified atom stereocenters. The number of phenolic OH excluding ortho intramolecular Hbond substituents is 1. The lowest BCUT2D eigenvalue weighted by molar-refractivity contribution is 0.215. The number of piperazine rings is 1. The molecule has 0 bridgehead atoms. The molecule has 2 aliphatic rings. The third-order valence-corrected chi connectivity index (χ3v) is 5.72. The number of aliphatic imine (C=N–C) groups is 1. The van der Waals surface area contributed by atoms with E-state index in [1.54, 1.807) is 19.2 Å². The average molecular weight is 421 g/mol. The molecule has 1 saturated heterocycles. The fraction of sp³-hybridized carbons (Fsp3) is 0.375. The summed E-state index contributed by atoms with van der Waals surface area (Å²) < 4.78 is 0. The lowest BCUT2D eigenvalue weighted by Gasteiger charge is -2.45. The molecule has 7 nitrogen and oxygen atoms in total. The summed E-state index contributed by atoms with van der Waals surface area (Å²) in [6.45, 7) is 10.5. The molecule has 7 heteroatoms. The molecule has 3 N–H and O–H groups in total. The molecule has 4 rings (SSSR count). The SMILES string of the molecule is C=C/C(=C\C=NC)N1CCN(c2cc(-c3ccccc3O)nnc2N)CC12CC2.CC. The number of nitrogens with two attached hydrogens (primary N) is 1. The maximum Gasteiger partial charge on any atom is 0.169 e. The van der Waals surface area contributed by atoms with Gasteiger partial charge in [-0.3, -0.25) is 4.99 Å². The highest BCUT2D eigenvalue weighted by Crippen LogP contribution is 2.47. The van der Waals surface area contributed by atoms with Gasteiger partial charge in [0.05, 0.1) is 16.9 Å². The first-order valence-electron chi connectivity index (χ1n) is 10.8. The highest BCUT2D eigenvalue weighted by atomic mass is 16.3. The predicted octanol–water partition coefficient (Wildman–Crippen LogP) is 3.88. The normalized spacial score (nSPS) is 17.5. The topological polar surface area (TPSA) is 90.9 Å². The van der Waals surface area contributed by atoms with Gasteiger partial charge in [0.2, 0.25) is 0 Å². The van der Waals surface area contributed by atoms with E-state index in [0.717, 1.165) is 43.9 Å². The van der Waals surface area contributed by atoms with Crippen molar-refractivity contribution < 1.29 is 5.11 Å². The summed E-state index contributed by atoms with van der Waals surface area (Å²) in [5.41, 5.74) is 9.51. The standard InChI is InChI=1S/C22H26N6O.C2H6/c1-3-16(8-11-24-2)28-13-12-27(15-22(28)9-10-22)19-14-18(25-26-21(19)23)17-6-4-5-7-20(17)29;1-2/h3-8,11,14,29H,1,9-10,12-13,15H2,2H3,(H2,23,26);1-2H3/b16-8+,24-11?;. The van der Waals surface area contributed by atoms with Gasteiger partial charge in [-0.1, -0.05) is 32.6 Å². The maximum absolute atomic E-state index is 10.2. The van der Waals surface area contributed by atoms with E-state index in [2.05, 4.69) is 31.6 Å². The van der Waals surface area contributed by atoms with Crippen molar-refractivity contribution in [2.24, 2.45) is 4.99 Å². The number of para-hydroxylation sites is 1. The number of anilines is 2. The van der Waals surface area contributed by atoms with E-state index < -0.39 is 0 Å². The van der Waals surface area contributed by atoms with Crippen LogP contribution in [0.15, 0.2) is 59.8 Å². The molecule has 164 valence electrons. The van der Waals surface area contributed by atoms with Crippen LogP contribution in [0.2, 0.25) is 0 Å². The van der Waals surface area contributed by atoms with Crippen LogP contribution in [-0.4, -0.2) is 58.6 Å². The Morgan fingerprint density at radius 2 is 1.97 bits per heavy atom. The van der Waals surface area contributed by atoms with E-state index in [4.69, 9.17) is 5.73 Å². The van der Waals surface area contributed by atoms with E-state index in [1.165, 1.54) is 0 Å². The molecule has 2 fully saturated rings. The van der Waals surface area contributed by atoms with Crippen LogP contribution in [0.5, 0.6) is 5.75 Å². The maximum atomic E-state index is 10.2. The van der Waals surface area contributed by atoms with Crippen LogP contribution in [0.4, 0.5) is 11.5 Å². The molecule has 1 spiro atoms. The van der Waals surface area contributed by atoms with Crippen molar-refractivity contribution in [2.45, 2.75) is 32.2 Å². The smallest absolute Gasteiger partial charge is 0.169 e. The van der Waals surface area contributed by atoms with Gasteiger partial charge >= 0.3 is 0 Å². The van der Waals surface area contributed by atoms with E-state index >= 15 is 0 Å². The number of aromatic hydroxyl groups is 1. The summed E-state index contributed by atoms with van der Waals surface area (Å²) in [5.74, 6) is 0.588. The molecule has 1 aliphatic carbocycles. The van der Waals surface area contributed by atoms with E-state index in [9.17, 15) is 5.11 Å². The van der Waals surface area contributed by atoms with Gasteiger partial charge in [0.1, 0.15) is 5.75 Å². The minimum atomic E-state index is 0.0879. The first-order valence-corrected chi connectivity index (χ1v) is 10.8. The molecule has 0 atom stereocenters. The first kappa shape index (κ1) is 22.3. The second-order valence-electron chi connectivity index (χ2n) is 7.52. The van der Waals surface area contributed by atoms with Crippen LogP contribution in [0.25, 0.3) is 11.3 Å². The summed E-state index contributed by atoms with van der Waals surface area (Å²) >= 11 is 0. The quantitative estimate of drug-likeness (QED) is 0.563. The van der Waals surface area contributed by atoms with Gasteiger partial charge in [-0.15, -0.1) is 10.2 Å². The summed E-state index contributed by atoms with van der Waals surface area (Å²) in [6, 6.07) is 9.06. The van der Waals surface area contributed by atoms with Gasteiger partial charge in [0.15, 0.2) is 5.82 Å². The Bertz CT molecular complexity index is 980. The van der Waals surface area contributed by atoms with Crippen LogP contribution < -0.4 is 10.6 Å². The summed E-state index contributed by atoms with van der Waals surface area (Å²) in [6.07, 6.45) is 7.98. The number of hydrogen-bond acceptors (Lipinski definition) is 7. The predicted molar refractivity (Wildman–Crippen MR) is 128 cm³/mol. The van der Waals surface area contributed by atoms with Crippen molar-refractivity contribution in [3.05, 3.63) is 54.8 Å². The monoisotopic (exact) mass is 420 g/mol. The minimum Gasteiger partial charge on any atom is -0.507 e. The molecule has 1 saturated carbocycles. The largest absolute Gasteiger partial charge is 0.507 e. The Labute approximate surface area is 184 Å². The number of aromatic nitrogens is 2. The second-order valence-corrected chi connectivity index (χ2v) is 7.52. The van der Waals surface area contributed by atoms with Gasteiger partial charge in [0.25, 0.3) is 0 Å². The number of nitrogens with zero attached hydrogens (tertiary/aromatic N) is 5. The van der Waals surface area contributed by atoms with E-state index in [-0.39, 0.29) is 11.3 Å². The zero-order valence-corrected chi connectivity index (χ0v) is 18.6. The van der Waals surface area contributed by atoms with Gasteiger partial charge in [0, 0.05) is 44.2 Å². The minimum absolute atomic E-state index is 0.0879. The van der Waals surface area contributed by atoms with Crippen molar-refractivity contribution >= 4 is 17.7 Å². The van der Waals surface area contributed by atoms with Gasteiger partial charge in [-0.05, 0) is 43.2 Å². The molecular weight excluding hydrogens is 388 g/mol. The number of benzene rings is 1. The highest BCUT2D eigenvalue weighted by molar-refractivity contribution is 5.75. The van der Waals surface area contributed by atoms with Crippen molar-refractivity contribution in [3.63, 3.8) is 0 Å². The Balaban J connectivity index is 0.00000132. The third kappa shape index (κ3) is 4.55. The zero-order chi connectivity index (χ0) is 22.4. The molecule has 0 radical (unpaired) electrons. The van der Waals surface area contributed by atoms with Gasteiger partial charge in [-0.25, -0.2) is 0 Å². The lowest BCUT2D eigenvalue weighted by Crippen LogP contribution is -2.54. The van der Waals surface area contributed by atoms with Crippen LogP contribution in [0, 0.1) is 0 Å². The molecule has 2 heterocycles. The molecular formula is C24H32N6O. The van der Waals surface area contributed by atoms with Crippen LogP contribution in [0.3, 0.4) is 0 Å². The van der Waals surface area contributed by atoms with Crippen molar-refractivity contribution in [3.8, 4) is 17.0 Å². The Morgan fingerprint density at radius 1 is 1.23 bits per heavy atom. The van der Waals surface area contributed by atoms with Crippen LogP contribution >= 0.6 is 0 Å². The van der Waals surface area contributed by atoms with E-state index in [0.29, 0.717) is 17.1 Å². The Morgan fingerprint density at radius 3 is 2.61 bits per heavy atom. The van der Waals surface area contributed by atoms with Crippen molar-refractivity contribution in [1.82, 2.24) is 15.1 Å². The van der Waals surface area contributed by atoms with Crippen molar-refractivity contribution in [2.75, 3.05) is 37.3 Å². The fourth-order valence-electron chi connectivity index (χ4n) is 4.04. The number of nitrogen functional groups attached to an aromatic ring is 1. The number of allylic oxidation sites excluding steroid dienone is 2. The van der Waals surface area contributed by atoms with Gasteiger partial charge < -0.3 is 20.6 Å². The zero-order valence-electron chi connectivity index (χ0n) is 18.6. The molecule has 31 heavy (non-hydrogen) atoms. The van der Waals surface area contributed by atoms with E-state index in [1.807, 2.05) is 50.4 Å². The van der Waals surface area contributed by atoms with Gasteiger partial charge in [-0.2, -0.15) is 0 Å². The molecule has 2 aromatic rings. The number of phenols is 1. The van der Waals surface area contributed by atoms with Crippen LogP contribution in [0.1, 0.15) is 26.7 Å². The number of hydrogen-bond donors (Lipinski definition) is 2. The summed E-state index contributed by atoms with van der Waals surface area (Å²) in [4.78, 5) is 8.79.